The van der Waals surface area contributed by atoms with Gasteiger partial charge >= 0.3 is 0 Å². The maximum absolute atomic E-state index is 11.1. The summed E-state index contributed by atoms with van der Waals surface area (Å²) < 4.78 is 1.97. The number of hydrogen-bond donors (Lipinski definition) is 0. The van der Waals surface area contributed by atoms with E-state index in [4.69, 9.17) is 0 Å². The van der Waals surface area contributed by atoms with Crippen molar-refractivity contribution in [2.24, 2.45) is 5.92 Å². The molecule has 1 saturated carbocycles. The third-order valence-corrected chi connectivity index (χ3v) is 3.82. The highest BCUT2D eigenvalue weighted by atomic mass is 16.1. The van der Waals surface area contributed by atoms with Gasteiger partial charge in [-0.3, -0.25) is 4.79 Å². The Morgan fingerprint density at radius 1 is 1.33 bits per heavy atom. The number of nitrogens with zero attached hydrogens (tertiary/aromatic N) is 3. The number of aromatic nitrogens is 3. The van der Waals surface area contributed by atoms with Crippen molar-refractivity contribution in [2.45, 2.75) is 64.8 Å². The Morgan fingerprint density at radius 3 is 2.67 bits per heavy atom. The van der Waals surface area contributed by atoms with E-state index in [-0.39, 0.29) is 0 Å². The number of rotatable bonds is 5. The fraction of sp³-hybridized carbons (Fsp3) is 0.786. The summed E-state index contributed by atoms with van der Waals surface area (Å²) >= 11 is 0. The van der Waals surface area contributed by atoms with Crippen LogP contribution in [-0.2, 0) is 6.54 Å². The van der Waals surface area contributed by atoms with Crippen LogP contribution >= 0.6 is 0 Å². The third kappa shape index (κ3) is 2.98. The summed E-state index contributed by atoms with van der Waals surface area (Å²) in [5.74, 6) is 1.13. The van der Waals surface area contributed by atoms with E-state index in [1.165, 1.54) is 32.1 Å². The summed E-state index contributed by atoms with van der Waals surface area (Å²) in [6, 6.07) is 0. The highest BCUT2D eigenvalue weighted by Gasteiger charge is 2.24. The second-order valence-corrected chi connectivity index (χ2v) is 5.72. The zero-order chi connectivity index (χ0) is 13.0. The summed E-state index contributed by atoms with van der Waals surface area (Å²) in [6.45, 7) is 5.29. The van der Waals surface area contributed by atoms with Gasteiger partial charge in [-0.25, -0.2) is 4.68 Å². The Kier molecular flexibility index (Phi) is 4.50. The predicted molar refractivity (Wildman–Crippen MR) is 70.7 cm³/mol. The molecule has 0 spiro atoms. The largest absolute Gasteiger partial charge is 0.296 e. The number of hydrogen-bond acceptors (Lipinski definition) is 3. The van der Waals surface area contributed by atoms with E-state index in [0.29, 0.717) is 17.5 Å². The summed E-state index contributed by atoms with van der Waals surface area (Å²) in [4.78, 5) is 11.1. The van der Waals surface area contributed by atoms with Crippen LogP contribution in [0.5, 0.6) is 0 Å². The molecule has 0 amide bonds. The number of carbonyl (C=O) groups is 1. The summed E-state index contributed by atoms with van der Waals surface area (Å²) in [5.41, 5.74) is 1.65. The van der Waals surface area contributed by atoms with Crippen molar-refractivity contribution in [1.82, 2.24) is 15.0 Å². The Bertz CT molecular complexity index is 392. The van der Waals surface area contributed by atoms with Gasteiger partial charge in [0.15, 0.2) is 6.29 Å². The van der Waals surface area contributed by atoms with Gasteiger partial charge in [-0.1, -0.05) is 38.3 Å². The van der Waals surface area contributed by atoms with E-state index in [2.05, 4.69) is 24.2 Å². The smallest absolute Gasteiger partial charge is 0.172 e. The molecule has 1 aromatic heterocycles. The molecule has 1 aromatic rings. The summed E-state index contributed by atoms with van der Waals surface area (Å²) in [5, 5.41) is 8.20. The van der Waals surface area contributed by atoms with Crippen LogP contribution in [0.1, 0.15) is 74.5 Å². The summed E-state index contributed by atoms with van der Waals surface area (Å²) in [6.07, 6.45) is 8.15. The van der Waals surface area contributed by atoms with Crippen molar-refractivity contribution in [3.05, 3.63) is 11.4 Å². The standard InChI is InChI=1S/C14H23N3O/c1-11(2)8-9-17-14(13(10-18)15-16-17)12-6-4-3-5-7-12/h10-12H,3-9H2,1-2H3. The molecule has 4 nitrogen and oxygen atoms in total. The Morgan fingerprint density at radius 2 is 2.06 bits per heavy atom. The number of aldehydes is 1. The first-order valence-corrected chi connectivity index (χ1v) is 7.11. The van der Waals surface area contributed by atoms with Crippen molar-refractivity contribution < 1.29 is 4.79 Å². The van der Waals surface area contributed by atoms with E-state index >= 15 is 0 Å². The van der Waals surface area contributed by atoms with Crippen molar-refractivity contribution >= 4 is 6.29 Å². The molecule has 0 saturated heterocycles. The van der Waals surface area contributed by atoms with E-state index in [9.17, 15) is 4.79 Å². The second kappa shape index (κ2) is 6.12. The summed E-state index contributed by atoms with van der Waals surface area (Å²) in [7, 11) is 0. The zero-order valence-electron chi connectivity index (χ0n) is 11.4. The lowest BCUT2D eigenvalue weighted by Gasteiger charge is -2.22. The maximum Gasteiger partial charge on any atom is 0.172 e. The molecule has 2 rings (SSSR count). The molecule has 1 fully saturated rings. The molecular weight excluding hydrogens is 226 g/mol. The molecule has 100 valence electrons. The molecule has 4 heteroatoms. The third-order valence-electron chi connectivity index (χ3n) is 3.82. The van der Waals surface area contributed by atoms with Gasteiger partial charge in [-0.2, -0.15) is 0 Å². The molecule has 18 heavy (non-hydrogen) atoms. The SMILES string of the molecule is CC(C)CCn1nnc(C=O)c1C1CCCCC1. The molecule has 1 heterocycles. The second-order valence-electron chi connectivity index (χ2n) is 5.72. The number of carbonyl (C=O) groups excluding carboxylic acids is 1. The lowest BCUT2D eigenvalue weighted by Crippen LogP contribution is -2.14. The molecule has 0 radical (unpaired) electrons. The molecule has 0 atom stereocenters. The first-order valence-electron chi connectivity index (χ1n) is 7.11. The minimum absolute atomic E-state index is 0.487. The van der Waals surface area contributed by atoms with Crippen LogP contribution in [0, 0.1) is 5.92 Å². The molecule has 0 unspecified atom stereocenters. The quantitative estimate of drug-likeness (QED) is 0.753. The highest BCUT2D eigenvalue weighted by molar-refractivity contribution is 5.73. The average Bonchev–Trinajstić information content (AvgIpc) is 2.80. The van der Waals surface area contributed by atoms with Gasteiger partial charge in [0.05, 0.1) is 5.69 Å². The first kappa shape index (κ1) is 13.2. The van der Waals surface area contributed by atoms with Gasteiger partial charge in [0.1, 0.15) is 5.69 Å². The van der Waals surface area contributed by atoms with Crippen molar-refractivity contribution in [1.29, 1.82) is 0 Å². The lowest BCUT2D eigenvalue weighted by atomic mass is 9.86. The van der Waals surface area contributed by atoms with Gasteiger partial charge in [-0.15, -0.1) is 5.10 Å². The molecule has 0 bridgehead atoms. The van der Waals surface area contributed by atoms with Crippen LogP contribution in [0.25, 0.3) is 0 Å². The van der Waals surface area contributed by atoms with Crippen LogP contribution in [0.4, 0.5) is 0 Å². The monoisotopic (exact) mass is 249 g/mol. The van der Waals surface area contributed by atoms with E-state index in [0.717, 1.165) is 24.9 Å². The Hall–Kier alpha value is -1.19. The number of aryl methyl sites for hydroxylation is 1. The Balaban J connectivity index is 2.18. The fourth-order valence-corrected chi connectivity index (χ4v) is 2.76. The predicted octanol–water partition coefficient (Wildman–Crippen LogP) is 3.18. The molecular formula is C14H23N3O. The van der Waals surface area contributed by atoms with Gasteiger partial charge in [0.25, 0.3) is 0 Å². The minimum Gasteiger partial charge on any atom is -0.296 e. The zero-order valence-corrected chi connectivity index (χ0v) is 11.4. The van der Waals surface area contributed by atoms with Crippen molar-refractivity contribution in [2.75, 3.05) is 0 Å². The molecule has 0 aromatic carbocycles. The molecule has 0 N–H and O–H groups in total. The van der Waals surface area contributed by atoms with Gasteiger partial charge < -0.3 is 0 Å². The Labute approximate surface area is 109 Å². The van der Waals surface area contributed by atoms with Crippen LogP contribution in [-0.4, -0.2) is 21.3 Å². The minimum atomic E-state index is 0.487. The first-order chi connectivity index (χ1) is 8.72. The van der Waals surface area contributed by atoms with Crippen molar-refractivity contribution in [3.8, 4) is 0 Å². The highest BCUT2D eigenvalue weighted by Crippen LogP contribution is 2.33. The van der Waals surface area contributed by atoms with Gasteiger partial charge in [-0.05, 0) is 25.2 Å². The van der Waals surface area contributed by atoms with Gasteiger partial charge in [0, 0.05) is 12.5 Å². The molecule has 0 aliphatic heterocycles. The fourth-order valence-electron chi connectivity index (χ4n) is 2.76. The average molecular weight is 249 g/mol. The topological polar surface area (TPSA) is 47.8 Å². The van der Waals surface area contributed by atoms with E-state index < -0.39 is 0 Å². The molecule has 1 aliphatic carbocycles. The van der Waals surface area contributed by atoms with Crippen LogP contribution in [0.15, 0.2) is 0 Å². The van der Waals surface area contributed by atoms with Crippen LogP contribution in [0.2, 0.25) is 0 Å². The van der Waals surface area contributed by atoms with E-state index in [1.54, 1.807) is 0 Å². The normalized spacial score (nSPS) is 17.3. The van der Waals surface area contributed by atoms with Crippen LogP contribution < -0.4 is 0 Å². The molecule has 1 aliphatic rings. The lowest BCUT2D eigenvalue weighted by molar-refractivity contribution is 0.111. The van der Waals surface area contributed by atoms with Crippen LogP contribution in [0.3, 0.4) is 0 Å². The van der Waals surface area contributed by atoms with E-state index in [1.807, 2.05) is 4.68 Å². The maximum atomic E-state index is 11.1. The van der Waals surface area contributed by atoms with Crippen molar-refractivity contribution in [3.63, 3.8) is 0 Å². The van der Waals surface area contributed by atoms with Gasteiger partial charge in [0.2, 0.25) is 0 Å².